The van der Waals surface area contributed by atoms with E-state index < -0.39 is 0 Å². The highest BCUT2D eigenvalue weighted by atomic mass is 16.1. The van der Waals surface area contributed by atoms with Gasteiger partial charge in [-0.25, -0.2) is 0 Å². The molecule has 1 heteroatoms. The first kappa shape index (κ1) is 12.3. The predicted octanol–water partition coefficient (Wildman–Crippen LogP) is 4.21. The highest BCUT2D eigenvalue weighted by Crippen LogP contribution is 2.53. The molecule has 1 aromatic carbocycles. The first-order valence-corrected chi connectivity index (χ1v) is 6.36. The van der Waals surface area contributed by atoms with Crippen LogP contribution in [0.4, 0.5) is 0 Å². The molecule has 0 N–H and O–H groups in total. The standard InChI is InChI=1S/C16H22O/c1-15(2,3)12-8-6-11(7-9-12)14(17)13-10-16(13,4)5/h6-9,13H,10H2,1-5H3. The molecule has 92 valence electrons. The molecule has 0 aliphatic heterocycles. The second-order valence-corrected chi connectivity index (χ2v) is 6.94. The van der Waals surface area contributed by atoms with Gasteiger partial charge in [-0.05, 0) is 22.8 Å². The van der Waals surface area contributed by atoms with Gasteiger partial charge in [-0.2, -0.15) is 0 Å². The number of carbonyl (C=O) groups is 1. The number of benzene rings is 1. The first-order chi connectivity index (χ1) is 7.72. The van der Waals surface area contributed by atoms with Gasteiger partial charge in [-0.15, -0.1) is 0 Å². The van der Waals surface area contributed by atoms with Crippen LogP contribution >= 0.6 is 0 Å². The molecule has 0 spiro atoms. The van der Waals surface area contributed by atoms with E-state index in [9.17, 15) is 4.79 Å². The van der Waals surface area contributed by atoms with Crippen LogP contribution in [0.5, 0.6) is 0 Å². The van der Waals surface area contributed by atoms with Crippen molar-refractivity contribution in [2.45, 2.75) is 46.5 Å². The van der Waals surface area contributed by atoms with Crippen LogP contribution in [0.25, 0.3) is 0 Å². The van der Waals surface area contributed by atoms with Gasteiger partial charge in [-0.3, -0.25) is 4.79 Å². The number of carbonyl (C=O) groups excluding carboxylic acids is 1. The Morgan fingerprint density at radius 3 is 2.00 bits per heavy atom. The van der Waals surface area contributed by atoms with Crippen LogP contribution in [0.2, 0.25) is 0 Å². The van der Waals surface area contributed by atoms with E-state index in [0.717, 1.165) is 12.0 Å². The largest absolute Gasteiger partial charge is 0.294 e. The molecule has 1 aliphatic carbocycles. The molecule has 1 unspecified atom stereocenters. The zero-order chi connectivity index (χ0) is 12.8. The molecule has 1 fully saturated rings. The number of Topliss-reactive ketones (excluding diaryl/α,β-unsaturated/α-hetero) is 1. The van der Waals surface area contributed by atoms with E-state index in [2.05, 4.69) is 46.8 Å². The Morgan fingerprint density at radius 2 is 1.65 bits per heavy atom. The van der Waals surface area contributed by atoms with E-state index in [1.807, 2.05) is 12.1 Å². The number of rotatable bonds is 2. The fourth-order valence-electron chi connectivity index (χ4n) is 2.25. The average Bonchev–Trinajstić information content (AvgIpc) is 2.86. The summed E-state index contributed by atoms with van der Waals surface area (Å²) in [5.41, 5.74) is 2.53. The minimum absolute atomic E-state index is 0.153. The van der Waals surface area contributed by atoms with Gasteiger partial charge in [0.15, 0.2) is 5.78 Å². The van der Waals surface area contributed by atoms with Crippen LogP contribution in [-0.2, 0) is 5.41 Å². The second kappa shape index (κ2) is 3.69. The van der Waals surface area contributed by atoms with Crippen molar-refractivity contribution in [1.82, 2.24) is 0 Å². The van der Waals surface area contributed by atoms with Crippen molar-refractivity contribution in [3.63, 3.8) is 0 Å². The van der Waals surface area contributed by atoms with E-state index in [1.54, 1.807) is 0 Å². The number of ketones is 1. The molecule has 2 rings (SSSR count). The van der Waals surface area contributed by atoms with Gasteiger partial charge in [0.2, 0.25) is 0 Å². The van der Waals surface area contributed by atoms with Gasteiger partial charge in [0.05, 0.1) is 0 Å². The van der Waals surface area contributed by atoms with Crippen LogP contribution in [0.15, 0.2) is 24.3 Å². The zero-order valence-electron chi connectivity index (χ0n) is 11.5. The monoisotopic (exact) mass is 230 g/mol. The summed E-state index contributed by atoms with van der Waals surface area (Å²) in [6.07, 6.45) is 1.03. The maximum atomic E-state index is 12.2. The summed E-state index contributed by atoms with van der Waals surface area (Å²) in [6, 6.07) is 8.14. The van der Waals surface area contributed by atoms with Crippen molar-refractivity contribution >= 4 is 5.78 Å². The fourth-order valence-corrected chi connectivity index (χ4v) is 2.25. The lowest BCUT2D eigenvalue weighted by molar-refractivity contribution is 0.0953. The Morgan fingerprint density at radius 1 is 1.18 bits per heavy atom. The van der Waals surface area contributed by atoms with Crippen LogP contribution < -0.4 is 0 Å². The highest BCUT2D eigenvalue weighted by Gasteiger charge is 2.50. The molecular weight excluding hydrogens is 208 g/mol. The second-order valence-electron chi connectivity index (χ2n) is 6.94. The summed E-state index contributed by atoms with van der Waals surface area (Å²) in [6.45, 7) is 10.9. The Labute approximate surface area is 104 Å². The molecule has 0 bridgehead atoms. The Hall–Kier alpha value is -1.11. The van der Waals surface area contributed by atoms with Crippen molar-refractivity contribution in [2.75, 3.05) is 0 Å². The third kappa shape index (κ3) is 2.43. The quantitative estimate of drug-likeness (QED) is 0.695. The maximum absolute atomic E-state index is 12.2. The molecule has 1 nitrogen and oxygen atoms in total. The summed E-state index contributed by atoms with van der Waals surface area (Å²) in [7, 11) is 0. The Bertz CT molecular complexity index is 432. The maximum Gasteiger partial charge on any atom is 0.166 e. The lowest BCUT2D eigenvalue weighted by atomic mass is 9.86. The number of hydrogen-bond acceptors (Lipinski definition) is 1. The van der Waals surface area contributed by atoms with Gasteiger partial charge in [-0.1, -0.05) is 58.9 Å². The van der Waals surface area contributed by atoms with Crippen LogP contribution in [-0.4, -0.2) is 5.78 Å². The Balaban J connectivity index is 2.17. The summed E-state index contributed by atoms with van der Waals surface area (Å²) < 4.78 is 0. The summed E-state index contributed by atoms with van der Waals surface area (Å²) in [4.78, 5) is 12.2. The fraction of sp³-hybridized carbons (Fsp3) is 0.562. The van der Waals surface area contributed by atoms with Crippen molar-refractivity contribution < 1.29 is 4.79 Å². The van der Waals surface area contributed by atoms with Gasteiger partial charge >= 0.3 is 0 Å². The van der Waals surface area contributed by atoms with Gasteiger partial charge in [0.25, 0.3) is 0 Å². The van der Waals surface area contributed by atoms with E-state index in [4.69, 9.17) is 0 Å². The number of hydrogen-bond donors (Lipinski definition) is 0. The molecule has 0 heterocycles. The first-order valence-electron chi connectivity index (χ1n) is 6.36. The molecule has 0 amide bonds. The molecular formula is C16H22O. The van der Waals surface area contributed by atoms with E-state index in [1.165, 1.54) is 5.56 Å². The zero-order valence-corrected chi connectivity index (χ0v) is 11.5. The Kier molecular flexibility index (Phi) is 2.68. The van der Waals surface area contributed by atoms with Crippen molar-refractivity contribution in [1.29, 1.82) is 0 Å². The van der Waals surface area contributed by atoms with Crippen molar-refractivity contribution in [3.05, 3.63) is 35.4 Å². The smallest absolute Gasteiger partial charge is 0.166 e. The molecule has 1 atom stereocenters. The molecule has 1 aliphatic rings. The van der Waals surface area contributed by atoms with Gasteiger partial charge < -0.3 is 0 Å². The third-order valence-corrected chi connectivity index (χ3v) is 3.87. The topological polar surface area (TPSA) is 17.1 Å². The normalized spacial score (nSPS) is 22.3. The minimum Gasteiger partial charge on any atom is -0.294 e. The summed E-state index contributed by atoms with van der Waals surface area (Å²) in [5.74, 6) is 0.554. The lowest BCUT2D eigenvalue weighted by Crippen LogP contribution is -2.12. The van der Waals surface area contributed by atoms with Crippen LogP contribution in [0.1, 0.15) is 57.0 Å². The SMILES string of the molecule is CC(C)(C)c1ccc(C(=O)C2CC2(C)C)cc1. The molecule has 17 heavy (non-hydrogen) atoms. The third-order valence-electron chi connectivity index (χ3n) is 3.87. The highest BCUT2D eigenvalue weighted by molar-refractivity contribution is 6.00. The summed E-state index contributed by atoms with van der Waals surface area (Å²) in [5, 5.41) is 0. The van der Waals surface area contributed by atoms with Crippen LogP contribution in [0.3, 0.4) is 0 Å². The van der Waals surface area contributed by atoms with E-state index in [-0.39, 0.29) is 16.7 Å². The molecule has 0 saturated heterocycles. The van der Waals surface area contributed by atoms with Gasteiger partial charge in [0.1, 0.15) is 0 Å². The average molecular weight is 230 g/mol. The minimum atomic E-state index is 0.153. The molecule has 1 aromatic rings. The molecule has 0 aromatic heterocycles. The van der Waals surface area contributed by atoms with E-state index in [0.29, 0.717) is 5.78 Å². The van der Waals surface area contributed by atoms with Gasteiger partial charge in [0, 0.05) is 11.5 Å². The van der Waals surface area contributed by atoms with Crippen molar-refractivity contribution in [2.24, 2.45) is 11.3 Å². The van der Waals surface area contributed by atoms with E-state index >= 15 is 0 Å². The van der Waals surface area contributed by atoms with Crippen molar-refractivity contribution in [3.8, 4) is 0 Å². The van der Waals surface area contributed by atoms with Crippen LogP contribution in [0, 0.1) is 11.3 Å². The molecule has 0 radical (unpaired) electrons. The summed E-state index contributed by atoms with van der Waals surface area (Å²) >= 11 is 0. The predicted molar refractivity (Wildman–Crippen MR) is 71.4 cm³/mol. The lowest BCUT2D eigenvalue weighted by Gasteiger charge is -2.19. The molecule has 1 saturated carbocycles.